The minimum atomic E-state index is -0.951. The molecule has 4 aliphatic heterocycles. The van der Waals surface area contributed by atoms with Gasteiger partial charge in [-0.1, -0.05) is 6.07 Å². The molecule has 0 aromatic heterocycles. The first kappa shape index (κ1) is 19.3. The number of carbonyl (C=O) groups excluding carboxylic acids is 4. The van der Waals surface area contributed by atoms with Gasteiger partial charge in [0.05, 0.1) is 17.7 Å². The van der Waals surface area contributed by atoms with Gasteiger partial charge in [-0.05, 0) is 37.0 Å². The smallest absolute Gasteiger partial charge is 0.262 e. The number of rotatable bonds is 4. The molecule has 3 fully saturated rings. The Morgan fingerprint density at radius 1 is 1.03 bits per heavy atom. The van der Waals surface area contributed by atoms with Crippen LogP contribution in [-0.4, -0.2) is 75.9 Å². The number of hydrogen-bond donors (Lipinski definition) is 3. The van der Waals surface area contributed by atoms with Crippen molar-refractivity contribution in [2.24, 2.45) is 0 Å². The van der Waals surface area contributed by atoms with Crippen molar-refractivity contribution >= 4 is 23.6 Å². The molecule has 9 heteroatoms. The Bertz CT molecular complexity index is 947. The van der Waals surface area contributed by atoms with Gasteiger partial charge in [0.1, 0.15) is 6.04 Å². The molecule has 4 amide bonds. The maximum absolute atomic E-state index is 13.0. The van der Waals surface area contributed by atoms with Crippen LogP contribution in [0.4, 0.5) is 0 Å². The van der Waals surface area contributed by atoms with Gasteiger partial charge < -0.3 is 10.4 Å². The summed E-state index contributed by atoms with van der Waals surface area (Å²) in [5.41, 5.74) is 1.53. The number of aliphatic hydroxyl groups is 1. The Balaban J connectivity index is 1.38. The topological polar surface area (TPSA) is 119 Å². The molecule has 0 saturated carbocycles. The standard InChI is InChI=1S/C21H24N4O5/c26-10-15-16-4-2-12(8-22-15)24(16)9-11-1-3-13-14(7-11)21(30)25(20(13)29)17-5-6-18(27)23-19(17)28/h1,3,7,12,15-17,22,26H,2,4-6,8-10H2,(H,23,27,28)/t12-,15-,16+,17?/m0/s1. The van der Waals surface area contributed by atoms with Gasteiger partial charge in [-0.2, -0.15) is 0 Å². The number of nitrogens with zero attached hydrogens (tertiary/aromatic N) is 2. The molecule has 3 N–H and O–H groups in total. The van der Waals surface area contributed by atoms with Crippen molar-refractivity contribution in [3.63, 3.8) is 0 Å². The van der Waals surface area contributed by atoms with Gasteiger partial charge in [0.25, 0.3) is 11.8 Å². The fourth-order valence-electron chi connectivity index (χ4n) is 5.30. The number of fused-ring (bicyclic) bond motifs is 3. The van der Waals surface area contributed by atoms with Gasteiger partial charge in [-0.3, -0.25) is 34.3 Å². The highest BCUT2D eigenvalue weighted by Gasteiger charge is 2.45. The highest BCUT2D eigenvalue weighted by molar-refractivity contribution is 6.23. The van der Waals surface area contributed by atoms with Crippen LogP contribution in [0, 0.1) is 0 Å². The van der Waals surface area contributed by atoms with E-state index in [1.807, 2.05) is 6.07 Å². The molecule has 158 valence electrons. The predicted molar refractivity (Wildman–Crippen MR) is 104 cm³/mol. The molecule has 4 aliphatic rings. The van der Waals surface area contributed by atoms with Crippen LogP contribution in [0.3, 0.4) is 0 Å². The fraction of sp³-hybridized carbons (Fsp3) is 0.524. The number of amides is 4. The molecule has 1 aromatic rings. The van der Waals surface area contributed by atoms with E-state index in [2.05, 4.69) is 15.5 Å². The Hall–Kier alpha value is -2.62. The average Bonchev–Trinajstić information content (AvgIpc) is 3.12. The molecule has 1 unspecified atom stereocenters. The van der Waals surface area contributed by atoms with Gasteiger partial charge in [0, 0.05) is 37.6 Å². The number of piperazine rings is 1. The molecular weight excluding hydrogens is 388 g/mol. The summed E-state index contributed by atoms with van der Waals surface area (Å²) in [7, 11) is 0. The summed E-state index contributed by atoms with van der Waals surface area (Å²) in [6.45, 7) is 1.56. The van der Waals surface area contributed by atoms with E-state index < -0.39 is 23.8 Å². The molecule has 5 rings (SSSR count). The predicted octanol–water partition coefficient (Wildman–Crippen LogP) is -0.615. The van der Waals surface area contributed by atoms with Crippen molar-refractivity contribution < 1.29 is 24.3 Å². The zero-order valence-corrected chi connectivity index (χ0v) is 16.5. The summed E-state index contributed by atoms with van der Waals surface area (Å²) in [4.78, 5) is 52.8. The average molecular weight is 412 g/mol. The number of aliphatic hydroxyl groups excluding tert-OH is 1. The Morgan fingerprint density at radius 3 is 2.60 bits per heavy atom. The molecule has 2 bridgehead atoms. The molecule has 4 heterocycles. The summed E-state index contributed by atoms with van der Waals surface area (Å²) in [6, 6.07) is 4.99. The second-order valence-corrected chi connectivity index (χ2v) is 8.50. The third-order valence-corrected chi connectivity index (χ3v) is 6.84. The lowest BCUT2D eigenvalue weighted by atomic mass is 10.0. The maximum atomic E-state index is 13.0. The molecule has 0 radical (unpaired) electrons. The third-order valence-electron chi connectivity index (χ3n) is 6.84. The Labute approximate surface area is 173 Å². The van der Waals surface area contributed by atoms with Gasteiger partial charge >= 0.3 is 0 Å². The van der Waals surface area contributed by atoms with Gasteiger partial charge in [-0.15, -0.1) is 0 Å². The number of carbonyl (C=O) groups is 4. The van der Waals surface area contributed by atoms with E-state index >= 15 is 0 Å². The second kappa shape index (κ2) is 7.26. The molecule has 0 aliphatic carbocycles. The minimum absolute atomic E-state index is 0.0457. The van der Waals surface area contributed by atoms with E-state index in [1.165, 1.54) is 0 Å². The van der Waals surface area contributed by atoms with Crippen LogP contribution in [0.25, 0.3) is 0 Å². The number of nitrogens with one attached hydrogen (secondary N) is 2. The SMILES string of the molecule is O=C1CCC(N2C(=O)c3ccc(CN4[C@H]5CC[C@@H]4[C@H](CO)NC5)cc3C2=O)C(=O)N1. The summed E-state index contributed by atoms with van der Waals surface area (Å²) < 4.78 is 0. The summed E-state index contributed by atoms with van der Waals surface area (Å²) >= 11 is 0. The number of hydrogen-bond acceptors (Lipinski definition) is 7. The molecule has 30 heavy (non-hydrogen) atoms. The number of benzene rings is 1. The third kappa shape index (κ3) is 2.96. The van der Waals surface area contributed by atoms with E-state index in [1.54, 1.807) is 12.1 Å². The van der Waals surface area contributed by atoms with Crippen molar-refractivity contribution in [2.45, 2.75) is 56.4 Å². The monoisotopic (exact) mass is 412 g/mol. The summed E-state index contributed by atoms with van der Waals surface area (Å²) in [5.74, 6) is -1.96. The molecule has 1 aromatic carbocycles. The first-order chi connectivity index (χ1) is 14.5. The van der Waals surface area contributed by atoms with Crippen LogP contribution in [0.1, 0.15) is 52.0 Å². The van der Waals surface area contributed by atoms with E-state index in [0.717, 1.165) is 29.8 Å². The van der Waals surface area contributed by atoms with Crippen molar-refractivity contribution in [2.75, 3.05) is 13.2 Å². The highest BCUT2D eigenvalue weighted by atomic mass is 16.3. The zero-order chi connectivity index (χ0) is 21.0. The molecule has 3 saturated heterocycles. The fourth-order valence-corrected chi connectivity index (χ4v) is 5.30. The lowest BCUT2D eigenvalue weighted by molar-refractivity contribution is -0.136. The summed E-state index contributed by atoms with van der Waals surface area (Å²) in [5, 5.41) is 15.2. The van der Waals surface area contributed by atoms with Crippen molar-refractivity contribution in [1.29, 1.82) is 0 Å². The first-order valence-corrected chi connectivity index (χ1v) is 10.4. The zero-order valence-electron chi connectivity index (χ0n) is 16.5. The van der Waals surface area contributed by atoms with Crippen molar-refractivity contribution in [3.8, 4) is 0 Å². The van der Waals surface area contributed by atoms with Crippen LogP contribution in [0.2, 0.25) is 0 Å². The molecule has 4 atom stereocenters. The normalized spacial score (nSPS) is 31.3. The second-order valence-electron chi connectivity index (χ2n) is 8.50. The number of imide groups is 2. The lowest BCUT2D eigenvalue weighted by Crippen LogP contribution is -2.58. The van der Waals surface area contributed by atoms with Crippen LogP contribution in [0.15, 0.2) is 18.2 Å². The Kier molecular flexibility index (Phi) is 4.68. The van der Waals surface area contributed by atoms with Crippen LogP contribution in [0.5, 0.6) is 0 Å². The minimum Gasteiger partial charge on any atom is -0.395 e. The van der Waals surface area contributed by atoms with E-state index in [0.29, 0.717) is 23.7 Å². The molecular formula is C21H24N4O5. The van der Waals surface area contributed by atoms with Gasteiger partial charge in [-0.25, -0.2) is 0 Å². The molecule has 9 nitrogen and oxygen atoms in total. The molecule has 0 spiro atoms. The van der Waals surface area contributed by atoms with Gasteiger partial charge in [0.2, 0.25) is 11.8 Å². The Morgan fingerprint density at radius 2 is 1.83 bits per heavy atom. The first-order valence-electron chi connectivity index (χ1n) is 10.4. The van der Waals surface area contributed by atoms with Crippen LogP contribution < -0.4 is 10.6 Å². The van der Waals surface area contributed by atoms with E-state index in [4.69, 9.17) is 0 Å². The van der Waals surface area contributed by atoms with Crippen LogP contribution in [-0.2, 0) is 16.1 Å². The maximum Gasteiger partial charge on any atom is 0.262 e. The van der Waals surface area contributed by atoms with Crippen LogP contribution >= 0.6 is 0 Å². The van der Waals surface area contributed by atoms with Crippen molar-refractivity contribution in [3.05, 3.63) is 34.9 Å². The van der Waals surface area contributed by atoms with Gasteiger partial charge in [0.15, 0.2) is 0 Å². The van der Waals surface area contributed by atoms with E-state index in [-0.39, 0.29) is 37.4 Å². The lowest BCUT2D eigenvalue weighted by Gasteiger charge is -2.40. The summed E-state index contributed by atoms with van der Waals surface area (Å²) in [6.07, 6.45) is 2.34. The quantitative estimate of drug-likeness (QED) is 0.564. The van der Waals surface area contributed by atoms with Crippen molar-refractivity contribution in [1.82, 2.24) is 20.4 Å². The van der Waals surface area contributed by atoms with E-state index in [9.17, 15) is 24.3 Å². The number of piperidine rings is 1. The largest absolute Gasteiger partial charge is 0.395 e. The highest BCUT2D eigenvalue weighted by Crippen LogP contribution is 2.33.